The van der Waals surface area contributed by atoms with Crippen molar-refractivity contribution in [1.82, 2.24) is 20.1 Å². The Morgan fingerprint density at radius 2 is 1.95 bits per heavy atom. The molecule has 3 atom stereocenters. The van der Waals surface area contributed by atoms with Crippen molar-refractivity contribution >= 4 is 23.5 Å². The number of Topliss-reactive ketones (excluding diaryl/α,β-unsaturated/α-hetero) is 1. The maximum absolute atomic E-state index is 13.7. The van der Waals surface area contributed by atoms with Gasteiger partial charge in [-0.05, 0) is 48.6 Å². The standard InChI is InChI=1S/C27H30N4O6/c1-16(2)10-19(29-26(34)18-5-6-22-23(12-18)37-15-36-22)27(35)30-9-7-20-25(30)21(32)14-31(20)24(33)11-17-4-3-8-28-13-17/h3-6,8,12-13,16,19-20,25H,7,9-11,14-15H2,1-2H3,(H,29,34). The van der Waals surface area contributed by atoms with Crippen LogP contribution in [0.25, 0.3) is 0 Å². The summed E-state index contributed by atoms with van der Waals surface area (Å²) in [7, 11) is 0. The minimum atomic E-state index is -0.801. The van der Waals surface area contributed by atoms with Crippen LogP contribution in [0.5, 0.6) is 11.5 Å². The second-order valence-electron chi connectivity index (χ2n) is 10.1. The van der Waals surface area contributed by atoms with E-state index in [1.165, 1.54) is 0 Å². The van der Waals surface area contributed by atoms with Gasteiger partial charge in [0.15, 0.2) is 17.3 Å². The molecular weight excluding hydrogens is 476 g/mol. The second kappa shape index (κ2) is 10.2. The number of pyridine rings is 1. The third-order valence-electron chi connectivity index (χ3n) is 7.05. The van der Waals surface area contributed by atoms with Gasteiger partial charge >= 0.3 is 0 Å². The molecule has 37 heavy (non-hydrogen) atoms. The van der Waals surface area contributed by atoms with Crippen molar-refractivity contribution in [2.75, 3.05) is 19.9 Å². The molecule has 2 aromatic rings. The summed E-state index contributed by atoms with van der Waals surface area (Å²) >= 11 is 0. The lowest BCUT2D eigenvalue weighted by atomic mass is 10.0. The zero-order chi connectivity index (χ0) is 26.1. The quantitative estimate of drug-likeness (QED) is 0.606. The number of likely N-dealkylation sites (tertiary alicyclic amines) is 2. The minimum Gasteiger partial charge on any atom is -0.454 e. The predicted molar refractivity (Wildman–Crippen MR) is 132 cm³/mol. The maximum Gasteiger partial charge on any atom is 0.252 e. The van der Waals surface area contributed by atoms with Gasteiger partial charge in [-0.25, -0.2) is 0 Å². The molecule has 194 valence electrons. The number of carbonyl (C=O) groups is 4. The van der Waals surface area contributed by atoms with E-state index in [0.29, 0.717) is 36.4 Å². The Balaban J connectivity index is 1.29. The molecule has 10 heteroatoms. The van der Waals surface area contributed by atoms with Crippen molar-refractivity contribution in [3.05, 3.63) is 53.9 Å². The zero-order valence-corrected chi connectivity index (χ0v) is 20.9. The van der Waals surface area contributed by atoms with Gasteiger partial charge in [0.25, 0.3) is 5.91 Å². The van der Waals surface area contributed by atoms with E-state index in [0.717, 1.165) is 5.56 Å². The average molecular weight is 507 g/mol. The van der Waals surface area contributed by atoms with Gasteiger partial charge in [0.1, 0.15) is 12.1 Å². The molecule has 1 N–H and O–H groups in total. The topological polar surface area (TPSA) is 118 Å². The number of ether oxygens (including phenoxy) is 2. The fourth-order valence-electron chi connectivity index (χ4n) is 5.34. The molecule has 0 saturated carbocycles. The minimum absolute atomic E-state index is 0.0173. The van der Waals surface area contributed by atoms with Gasteiger partial charge in [-0.3, -0.25) is 24.2 Å². The number of hydrogen-bond donors (Lipinski definition) is 1. The van der Waals surface area contributed by atoms with E-state index in [1.54, 1.807) is 46.5 Å². The van der Waals surface area contributed by atoms with Crippen molar-refractivity contribution in [1.29, 1.82) is 0 Å². The fourth-order valence-corrected chi connectivity index (χ4v) is 5.34. The lowest BCUT2D eigenvalue weighted by Crippen LogP contribution is -2.53. The van der Waals surface area contributed by atoms with Crippen LogP contribution in [0.15, 0.2) is 42.7 Å². The van der Waals surface area contributed by atoms with Crippen LogP contribution < -0.4 is 14.8 Å². The van der Waals surface area contributed by atoms with Gasteiger partial charge < -0.3 is 24.6 Å². The van der Waals surface area contributed by atoms with Gasteiger partial charge in [-0.1, -0.05) is 19.9 Å². The molecule has 10 nitrogen and oxygen atoms in total. The van der Waals surface area contributed by atoms with Crippen molar-refractivity contribution < 1.29 is 28.7 Å². The summed E-state index contributed by atoms with van der Waals surface area (Å²) in [5.74, 6) is 0.162. The van der Waals surface area contributed by atoms with Crippen LogP contribution in [0.4, 0.5) is 0 Å². The van der Waals surface area contributed by atoms with Crippen molar-refractivity contribution in [2.24, 2.45) is 5.92 Å². The number of aromatic nitrogens is 1. The third-order valence-corrected chi connectivity index (χ3v) is 7.05. The first kappa shape index (κ1) is 24.7. The molecule has 3 amide bonds. The Hall–Kier alpha value is -3.95. The normalized spacial score (nSPS) is 20.8. The molecule has 2 saturated heterocycles. The largest absolute Gasteiger partial charge is 0.454 e. The van der Waals surface area contributed by atoms with E-state index in [-0.39, 0.29) is 49.3 Å². The number of hydrogen-bond acceptors (Lipinski definition) is 7. The number of ketones is 1. The van der Waals surface area contributed by atoms with Gasteiger partial charge in [0.2, 0.25) is 18.6 Å². The Kier molecular flexibility index (Phi) is 6.82. The van der Waals surface area contributed by atoms with E-state index in [9.17, 15) is 19.2 Å². The molecule has 3 aliphatic rings. The van der Waals surface area contributed by atoms with Crippen LogP contribution in [0.3, 0.4) is 0 Å². The fraction of sp³-hybridized carbons (Fsp3) is 0.444. The molecule has 1 aromatic heterocycles. The van der Waals surface area contributed by atoms with E-state index < -0.39 is 18.0 Å². The summed E-state index contributed by atoms with van der Waals surface area (Å²) in [4.78, 5) is 60.0. The summed E-state index contributed by atoms with van der Waals surface area (Å²) in [6.07, 6.45) is 4.37. The number of rotatable bonds is 7. The predicted octanol–water partition coefficient (Wildman–Crippen LogP) is 1.58. The first-order valence-corrected chi connectivity index (χ1v) is 12.5. The number of benzene rings is 1. The Morgan fingerprint density at radius 3 is 2.70 bits per heavy atom. The zero-order valence-electron chi connectivity index (χ0n) is 20.9. The average Bonchev–Trinajstić information content (AvgIpc) is 3.60. The Labute approximate surface area is 214 Å². The summed E-state index contributed by atoms with van der Waals surface area (Å²) in [6.45, 7) is 4.38. The molecule has 1 aromatic carbocycles. The first-order valence-electron chi connectivity index (χ1n) is 12.5. The summed E-state index contributed by atoms with van der Waals surface area (Å²) in [5.41, 5.74) is 1.13. The smallest absolute Gasteiger partial charge is 0.252 e. The number of fused-ring (bicyclic) bond motifs is 2. The van der Waals surface area contributed by atoms with E-state index >= 15 is 0 Å². The molecular formula is C27H30N4O6. The Morgan fingerprint density at radius 1 is 1.14 bits per heavy atom. The van der Waals surface area contributed by atoms with Crippen molar-refractivity contribution in [3.8, 4) is 11.5 Å². The highest BCUT2D eigenvalue weighted by atomic mass is 16.7. The number of carbonyl (C=O) groups excluding carboxylic acids is 4. The van der Waals surface area contributed by atoms with Gasteiger partial charge in [-0.2, -0.15) is 0 Å². The number of nitrogens with one attached hydrogen (secondary N) is 1. The van der Waals surface area contributed by atoms with Gasteiger partial charge in [0, 0.05) is 24.5 Å². The summed E-state index contributed by atoms with van der Waals surface area (Å²) in [5, 5.41) is 2.87. The monoisotopic (exact) mass is 506 g/mol. The van der Waals surface area contributed by atoms with Gasteiger partial charge in [0.05, 0.1) is 19.0 Å². The molecule has 4 heterocycles. The van der Waals surface area contributed by atoms with Crippen molar-refractivity contribution in [2.45, 2.75) is 51.2 Å². The van der Waals surface area contributed by atoms with Crippen molar-refractivity contribution in [3.63, 3.8) is 0 Å². The van der Waals surface area contributed by atoms with E-state index in [4.69, 9.17) is 9.47 Å². The molecule has 3 unspecified atom stereocenters. The lowest BCUT2D eigenvalue weighted by Gasteiger charge is -2.29. The second-order valence-corrected chi connectivity index (χ2v) is 10.1. The molecule has 0 bridgehead atoms. The summed E-state index contributed by atoms with van der Waals surface area (Å²) < 4.78 is 10.7. The summed E-state index contributed by atoms with van der Waals surface area (Å²) in [6, 6.07) is 6.62. The van der Waals surface area contributed by atoms with Crippen LogP contribution in [0.2, 0.25) is 0 Å². The van der Waals surface area contributed by atoms with E-state index in [1.807, 2.05) is 19.9 Å². The number of amides is 3. The number of nitrogens with zero attached hydrogens (tertiary/aromatic N) is 3. The van der Waals surface area contributed by atoms with E-state index in [2.05, 4.69) is 10.3 Å². The lowest BCUT2D eigenvalue weighted by molar-refractivity contribution is -0.138. The van der Waals surface area contributed by atoms with Crippen LogP contribution in [0, 0.1) is 5.92 Å². The van der Waals surface area contributed by atoms with Crippen LogP contribution in [0.1, 0.15) is 42.6 Å². The molecule has 2 fully saturated rings. The molecule has 5 rings (SSSR count). The molecule has 0 radical (unpaired) electrons. The highest BCUT2D eigenvalue weighted by Crippen LogP contribution is 2.33. The highest BCUT2D eigenvalue weighted by Gasteiger charge is 2.52. The maximum atomic E-state index is 13.7. The molecule has 3 aliphatic heterocycles. The first-order chi connectivity index (χ1) is 17.8. The SMILES string of the molecule is CC(C)CC(NC(=O)c1ccc2c(c1)OCO2)C(=O)N1CCC2C1C(=O)CN2C(=O)Cc1cccnc1. The molecule has 0 aliphatic carbocycles. The third kappa shape index (κ3) is 5.00. The van der Waals surface area contributed by atoms with Crippen LogP contribution in [-0.2, 0) is 20.8 Å². The molecule has 0 spiro atoms. The van der Waals surface area contributed by atoms with Crippen LogP contribution in [-0.4, -0.2) is 76.3 Å². The van der Waals surface area contributed by atoms with Gasteiger partial charge in [-0.15, -0.1) is 0 Å². The van der Waals surface area contributed by atoms with Crippen LogP contribution >= 0.6 is 0 Å². The Bertz CT molecular complexity index is 1220. The highest BCUT2D eigenvalue weighted by molar-refractivity contribution is 6.01.